The minimum Gasteiger partial charge on any atom is -0.452 e. The van der Waals surface area contributed by atoms with Crippen LogP contribution in [-0.4, -0.2) is 55.4 Å². The summed E-state index contributed by atoms with van der Waals surface area (Å²) in [5.41, 5.74) is -0.0245. The van der Waals surface area contributed by atoms with Crippen LogP contribution < -0.4 is 0 Å². The van der Waals surface area contributed by atoms with Gasteiger partial charge in [0.1, 0.15) is 5.82 Å². The Morgan fingerprint density at radius 1 is 1.14 bits per heavy atom. The normalized spacial score (nSPS) is 22.0. The lowest BCUT2D eigenvalue weighted by Gasteiger charge is -2.38. The average Bonchev–Trinajstić information content (AvgIpc) is 3.00. The fourth-order valence-electron chi connectivity index (χ4n) is 3.99. The van der Waals surface area contributed by atoms with Crippen molar-refractivity contribution in [2.45, 2.75) is 50.6 Å². The van der Waals surface area contributed by atoms with Crippen molar-refractivity contribution in [3.8, 4) is 0 Å². The van der Waals surface area contributed by atoms with E-state index in [2.05, 4.69) is 0 Å². The second kappa shape index (κ2) is 8.78. The quantitative estimate of drug-likeness (QED) is 0.669. The van der Waals surface area contributed by atoms with Gasteiger partial charge in [0, 0.05) is 12.1 Å². The van der Waals surface area contributed by atoms with Crippen molar-refractivity contribution in [2.24, 2.45) is 0 Å². The third kappa shape index (κ3) is 5.03. The highest BCUT2D eigenvalue weighted by atomic mass is 35.5. The number of benzene rings is 1. The first-order valence-corrected chi connectivity index (χ1v) is 11.6. The molecule has 3 rings (SSSR count). The molecule has 6 nitrogen and oxygen atoms in total. The van der Waals surface area contributed by atoms with Crippen LogP contribution in [0.15, 0.2) is 18.2 Å². The highest BCUT2D eigenvalue weighted by Gasteiger charge is 2.38. The zero-order valence-electron chi connectivity index (χ0n) is 15.4. The fourth-order valence-corrected chi connectivity index (χ4v) is 5.95. The second-order valence-corrected chi connectivity index (χ2v) is 9.99. The minimum atomic E-state index is -3.15. The number of amides is 1. The lowest BCUT2D eigenvalue weighted by molar-refractivity contribution is -0.140. The van der Waals surface area contributed by atoms with Crippen molar-refractivity contribution < 1.29 is 27.1 Å². The van der Waals surface area contributed by atoms with E-state index in [0.29, 0.717) is 6.42 Å². The average molecular weight is 432 g/mol. The van der Waals surface area contributed by atoms with Crippen molar-refractivity contribution >= 4 is 33.3 Å². The SMILES string of the molecule is O=C(OCC(=O)N(C1CCCCC1)[C@@H]1CCS(=O)(=O)C1)c1ccc(F)cc1Cl. The van der Waals surface area contributed by atoms with Crippen LogP contribution >= 0.6 is 11.6 Å². The molecule has 0 aromatic heterocycles. The number of rotatable bonds is 5. The van der Waals surface area contributed by atoms with E-state index in [4.69, 9.17) is 16.3 Å². The Hall–Kier alpha value is -1.67. The van der Waals surface area contributed by atoms with E-state index in [0.717, 1.165) is 44.2 Å². The molecule has 0 N–H and O–H groups in total. The second-order valence-electron chi connectivity index (χ2n) is 7.35. The van der Waals surface area contributed by atoms with Gasteiger partial charge in [-0.05, 0) is 37.5 Å². The van der Waals surface area contributed by atoms with E-state index in [-0.39, 0.29) is 34.2 Å². The number of halogens is 2. The molecule has 1 aliphatic carbocycles. The summed E-state index contributed by atoms with van der Waals surface area (Å²) in [6, 6.07) is 2.87. The fraction of sp³-hybridized carbons (Fsp3) is 0.579. The molecular weight excluding hydrogens is 409 g/mol. The molecule has 1 heterocycles. The summed E-state index contributed by atoms with van der Waals surface area (Å²) in [5.74, 6) is -1.78. The van der Waals surface area contributed by atoms with E-state index in [1.807, 2.05) is 0 Å². The molecule has 2 fully saturated rings. The van der Waals surface area contributed by atoms with Crippen LogP contribution in [0.2, 0.25) is 5.02 Å². The predicted molar refractivity (Wildman–Crippen MR) is 102 cm³/mol. The number of carbonyl (C=O) groups excluding carboxylic acids is 2. The lowest BCUT2D eigenvalue weighted by Crippen LogP contribution is -2.50. The maximum absolute atomic E-state index is 13.1. The first-order valence-electron chi connectivity index (χ1n) is 9.40. The van der Waals surface area contributed by atoms with Crippen LogP contribution in [0.5, 0.6) is 0 Å². The Bertz CT molecular complexity index is 854. The highest BCUT2D eigenvalue weighted by Crippen LogP contribution is 2.28. The number of esters is 1. The molecule has 1 saturated heterocycles. The van der Waals surface area contributed by atoms with Gasteiger partial charge in [0.05, 0.1) is 22.1 Å². The predicted octanol–water partition coefficient (Wildman–Crippen LogP) is 2.98. The highest BCUT2D eigenvalue weighted by molar-refractivity contribution is 7.91. The van der Waals surface area contributed by atoms with Crippen molar-refractivity contribution in [3.05, 3.63) is 34.6 Å². The molecule has 28 heavy (non-hydrogen) atoms. The van der Waals surface area contributed by atoms with Gasteiger partial charge in [-0.1, -0.05) is 30.9 Å². The van der Waals surface area contributed by atoms with Crippen LogP contribution in [0, 0.1) is 5.82 Å². The summed E-state index contributed by atoms with van der Waals surface area (Å²) in [7, 11) is -3.15. The van der Waals surface area contributed by atoms with Gasteiger partial charge in [-0.25, -0.2) is 17.6 Å². The van der Waals surface area contributed by atoms with E-state index in [1.54, 1.807) is 4.90 Å². The van der Waals surface area contributed by atoms with Crippen LogP contribution in [0.3, 0.4) is 0 Å². The maximum Gasteiger partial charge on any atom is 0.340 e. The van der Waals surface area contributed by atoms with Gasteiger partial charge in [0.15, 0.2) is 16.4 Å². The molecule has 1 amide bonds. The first kappa shape index (κ1) is 21.0. The van der Waals surface area contributed by atoms with Crippen molar-refractivity contribution in [1.29, 1.82) is 0 Å². The van der Waals surface area contributed by atoms with Crippen molar-refractivity contribution in [3.63, 3.8) is 0 Å². The Kier molecular flexibility index (Phi) is 6.60. The lowest BCUT2D eigenvalue weighted by atomic mass is 9.93. The Labute approximate surface area is 168 Å². The van der Waals surface area contributed by atoms with Gasteiger partial charge in [-0.15, -0.1) is 0 Å². The van der Waals surface area contributed by atoms with Crippen LogP contribution in [0.4, 0.5) is 4.39 Å². The molecule has 1 atom stereocenters. The Morgan fingerprint density at radius 2 is 1.86 bits per heavy atom. The molecule has 1 aromatic carbocycles. The molecule has 1 aromatic rings. The Balaban J connectivity index is 1.69. The minimum absolute atomic E-state index is 0.0245. The third-order valence-corrected chi connectivity index (χ3v) is 7.40. The van der Waals surface area contributed by atoms with Gasteiger partial charge in [-0.3, -0.25) is 4.79 Å². The summed E-state index contributed by atoms with van der Waals surface area (Å²) >= 11 is 5.86. The molecule has 0 radical (unpaired) electrons. The van der Waals surface area contributed by atoms with Crippen LogP contribution in [0.25, 0.3) is 0 Å². The molecule has 1 aliphatic heterocycles. The smallest absolute Gasteiger partial charge is 0.340 e. The molecule has 9 heteroatoms. The molecule has 0 spiro atoms. The van der Waals surface area contributed by atoms with Gasteiger partial charge in [0.25, 0.3) is 5.91 Å². The van der Waals surface area contributed by atoms with Gasteiger partial charge in [0.2, 0.25) is 0 Å². The van der Waals surface area contributed by atoms with Crippen LogP contribution in [-0.2, 0) is 19.4 Å². The number of sulfone groups is 1. The molecule has 154 valence electrons. The van der Waals surface area contributed by atoms with Crippen molar-refractivity contribution in [2.75, 3.05) is 18.1 Å². The van der Waals surface area contributed by atoms with Gasteiger partial charge in [-0.2, -0.15) is 0 Å². The summed E-state index contributed by atoms with van der Waals surface area (Å²) in [4.78, 5) is 26.7. The van der Waals surface area contributed by atoms with E-state index in [1.165, 1.54) is 6.07 Å². The summed E-state index contributed by atoms with van der Waals surface area (Å²) in [6.45, 7) is -0.500. The number of hydrogen-bond donors (Lipinski definition) is 0. The van der Waals surface area contributed by atoms with Crippen LogP contribution in [0.1, 0.15) is 48.9 Å². The summed E-state index contributed by atoms with van der Waals surface area (Å²) in [5, 5.41) is -0.0940. The molecule has 1 saturated carbocycles. The Morgan fingerprint density at radius 3 is 2.46 bits per heavy atom. The molecule has 0 bridgehead atoms. The van der Waals surface area contributed by atoms with E-state index in [9.17, 15) is 22.4 Å². The molecule has 2 aliphatic rings. The molecular formula is C19H23ClFNO5S. The number of carbonyl (C=O) groups is 2. The number of nitrogens with zero attached hydrogens (tertiary/aromatic N) is 1. The maximum atomic E-state index is 13.1. The largest absolute Gasteiger partial charge is 0.452 e. The number of ether oxygens (including phenoxy) is 1. The third-order valence-electron chi connectivity index (χ3n) is 5.34. The summed E-state index contributed by atoms with van der Waals surface area (Å²) in [6.07, 6.45) is 5.11. The van der Waals surface area contributed by atoms with Crippen molar-refractivity contribution in [1.82, 2.24) is 4.90 Å². The summed E-state index contributed by atoms with van der Waals surface area (Å²) < 4.78 is 42.0. The first-order chi connectivity index (χ1) is 13.3. The number of hydrogen-bond acceptors (Lipinski definition) is 5. The standard InChI is InChI=1S/C19H23ClFNO5S/c20-17-10-13(21)6-7-16(17)19(24)27-11-18(23)22(14-4-2-1-3-5-14)15-8-9-28(25,26)12-15/h6-7,10,14-15H,1-5,8-9,11-12H2/t15-/m1/s1. The topological polar surface area (TPSA) is 80.8 Å². The van der Waals surface area contributed by atoms with E-state index < -0.39 is 34.1 Å². The van der Waals surface area contributed by atoms with Gasteiger partial charge >= 0.3 is 5.97 Å². The monoisotopic (exact) mass is 431 g/mol. The van der Waals surface area contributed by atoms with Gasteiger partial charge < -0.3 is 9.64 Å². The molecule has 0 unspecified atom stereocenters. The van der Waals surface area contributed by atoms with E-state index >= 15 is 0 Å². The zero-order valence-corrected chi connectivity index (χ0v) is 17.0. The zero-order chi connectivity index (χ0) is 20.3.